The first-order valence-electron chi connectivity index (χ1n) is 38.6. The Bertz CT molecular complexity index is 5520. The van der Waals surface area contributed by atoms with Crippen LogP contribution in [0.2, 0.25) is 0 Å². The highest BCUT2D eigenvalue weighted by molar-refractivity contribution is 9.10. The molecule has 7 aromatic carbocycles. The van der Waals surface area contributed by atoms with E-state index < -0.39 is 20.0 Å². The number of hydrogen-bond donors (Lipinski definition) is 0. The van der Waals surface area contributed by atoms with Crippen molar-refractivity contribution in [1.82, 2.24) is 18.6 Å². The molecule has 0 radical (unpaired) electrons. The summed E-state index contributed by atoms with van der Waals surface area (Å²) in [5, 5.41) is 7.40. The third-order valence-corrected chi connectivity index (χ3v) is 25.6. The van der Waals surface area contributed by atoms with Gasteiger partial charge in [0, 0.05) is 83.6 Å². The van der Waals surface area contributed by atoms with Crippen molar-refractivity contribution in [1.29, 1.82) is 0 Å². The Balaban J connectivity index is 0.000000142. The van der Waals surface area contributed by atoms with E-state index in [0.717, 1.165) is 86.3 Å². The molecule has 110 heavy (non-hydrogen) atoms. The Labute approximate surface area is 660 Å². The summed E-state index contributed by atoms with van der Waals surface area (Å²) in [6, 6.07) is 50.2. The van der Waals surface area contributed by atoms with Crippen LogP contribution >= 0.6 is 15.9 Å². The van der Waals surface area contributed by atoms with Crippen LogP contribution in [-0.2, 0) is 70.1 Å². The summed E-state index contributed by atoms with van der Waals surface area (Å²) in [5.41, 5.74) is 14.4. The molecule has 7 heterocycles. The predicted molar refractivity (Wildman–Crippen MR) is 457 cm³/mol. The fourth-order valence-corrected chi connectivity index (χ4v) is 17.7. The number of fused-ring (bicyclic) bond motifs is 8. The molecule has 0 saturated carbocycles. The summed E-state index contributed by atoms with van der Waals surface area (Å²) in [7, 11) is -7.00. The first kappa shape index (κ1) is 84.3. The van der Waals surface area contributed by atoms with Gasteiger partial charge in [-0.3, -0.25) is 9.97 Å². The fourth-order valence-electron chi connectivity index (χ4n) is 14.1. The SMILES string of the molecule is CC(C)(C)c1ccc(S(=O)(=O)N2CCCCC2)c2cccnc12.CC(C)(C)c1ccc(S(=O)(=O)N2CCOCC2)c2cccnc12.CC(C)(C)c1ccc2ccccc2c1.CC(C)(C)c1ccc2oc3c(c2c1)CCCC3.Cc1c(Br)c(=O)oc2cc(C(C)(C)C)ccc12.Cc1cc(=O)oc2cc(C(C)(C)C)ccc12. The van der Waals surface area contributed by atoms with Crippen molar-refractivity contribution in [2.45, 2.75) is 226 Å². The lowest BCUT2D eigenvalue weighted by molar-refractivity contribution is 0.0730. The Kier molecular flexibility index (Phi) is 25.8. The molecule has 14 nitrogen and oxygen atoms in total. The molecule has 584 valence electrons. The topological polar surface area (TPSA) is 183 Å². The van der Waals surface area contributed by atoms with Gasteiger partial charge < -0.3 is 18.0 Å². The van der Waals surface area contributed by atoms with Crippen molar-refractivity contribution in [3.8, 4) is 0 Å². The van der Waals surface area contributed by atoms with Gasteiger partial charge in [0.1, 0.15) is 27.0 Å². The summed E-state index contributed by atoms with van der Waals surface area (Å²) < 4.78 is 77.5. The lowest BCUT2D eigenvalue weighted by Crippen LogP contribution is -2.40. The van der Waals surface area contributed by atoms with Gasteiger partial charge in [0.2, 0.25) is 20.0 Å². The monoisotopic (exact) mass is 1590 g/mol. The first-order chi connectivity index (χ1) is 51.4. The summed E-state index contributed by atoms with van der Waals surface area (Å²) >= 11 is 3.25. The number of nitrogens with zero attached hydrogens (tertiary/aromatic N) is 4. The molecule has 0 N–H and O–H groups in total. The van der Waals surface area contributed by atoms with Crippen molar-refractivity contribution in [3.63, 3.8) is 0 Å². The van der Waals surface area contributed by atoms with Gasteiger partial charge >= 0.3 is 11.3 Å². The minimum atomic E-state index is -3.54. The van der Waals surface area contributed by atoms with Crippen molar-refractivity contribution in [2.75, 3.05) is 39.4 Å². The zero-order valence-corrected chi connectivity index (χ0v) is 71.6. The molecule has 2 aliphatic heterocycles. The normalized spacial score (nSPS) is 15.0. The van der Waals surface area contributed by atoms with E-state index in [9.17, 15) is 26.4 Å². The van der Waals surface area contributed by atoms with E-state index in [2.05, 4.69) is 223 Å². The van der Waals surface area contributed by atoms with Gasteiger partial charge in [-0.1, -0.05) is 216 Å². The predicted octanol–water partition coefficient (Wildman–Crippen LogP) is 22.6. The molecule has 5 aromatic heterocycles. The average molecular weight is 1590 g/mol. The maximum atomic E-state index is 13.1. The van der Waals surface area contributed by atoms with E-state index in [1.165, 1.54) is 73.8 Å². The first-order valence-corrected chi connectivity index (χ1v) is 42.3. The lowest BCUT2D eigenvalue weighted by Gasteiger charge is -2.27. The van der Waals surface area contributed by atoms with Crippen LogP contribution in [0.15, 0.2) is 201 Å². The van der Waals surface area contributed by atoms with E-state index in [-0.39, 0.29) is 43.7 Å². The molecular weight excluding hydrogens is 1480 g/mol. The number of pyridine rings is 2. The number of sulfonamides is 2. The minimum absolute atomic E-state index is 0.0493. The van der Waals surface area contributed by atoms with Crippen LogP contribution in [-0.4, -0.2) is 74.8 Å². The zero-order chi connectivity index (χ0) is 80.3. The van der Waals surface area contributed by atoms with Gasteiger partial charge in [-0.15, -0.1) is 0 Å². The summed E-state index contributed by atoms with van der Waals surface area (Å²) in [6.45, 7) is 45.8. The van der Waals surface area contributed by atoms with Gasteiger partial charge in [0.15, 0.2) is 0 Å². The number of ether oxygens (including phenoxy) is 1. The number of morpholine rings is 1. The van der Waals surface area contributed by atoms with E-state index in [4.69, 9.17) is 18.0 Å². The summed E-state index contributed by atoms with van der Waals surface area (Å²) in [4.78, 5) is 32.6. The van der Waals surface area contributed by atoms with Crippen LogP contribution in [0.1, 0.15) is 213 Å². The van der Waals surface area contributed by atoms with Crippen molar-refractivity contribution < 1.29 is 34.8 Å². The van der Waals surface area contributed by atoms with Crippen LogP contribution < -0.4 is 11.3 Å². The van der Waals surface area contributed by atoms with E-state index >= 15 is 0 Å². The molecular formula is C93H113BrN4O10S2. The number of benzene rings is 7. The number of aryl methyl sites for hydroxylation is 4. The molecule has 0 atom stereocenters. The fraction of sp³-hybridized carbons (Fsp3) is 0.419. The molecule has 3 aliphatic rings. The van der Waals surface area contributed by atoms with Crippen molar-refractivity contribution in [2.24, 2.45) is 0 Å². The number of hydrogen-bond acceptors (Lipinski definition) is 12. The van der Waals surface area contributed by atoms with Gasteiger partial charge in [-0.2, -0.15) is 8.61 Å². The highest BCUT2D eigenvalue weighted by Gasteiger charge is 2.33. The smallest absolute Gasteiger partial charge is 0.350 e. The second kappa shape index (κ2) is 33.6. The summed E-state index contributed by atoms with van der Waals surface area (Å²) in [6.07, 6.45) is 11.3. The van der Waals surface area contributed by atoms with Crippen LogP contribution in [0, 0.1) is 13.8 Å². The molecule has 12 aromatic rings. The third kappa shape index (κ3) is 19.8. The lowest BCUT2D eigenvalue weighted by atomic mass is 9.85. The van der Waals surface area contributed by atoms with E-state index in [1.807, 2.05) is 68.4 Å². The van der Waals surface area contributed by atoms with Crippen molar-refractivity contribution in [3.05, 3.63) is 245 Å². The second-order valence-electron chi connectivity index (χ2n) is 35.5. The number of furan rings is 1. The number of aromatic nitrogens is 2. The van der Waals surface area contributed by atoms with Crippen molar-refractivity contribution >= 4 is 101 Å². The molecule has 2 fully saturated rings. The standard InChI is InChI=1S/C18H24N2O2S.C17H22N2O3S.C16H20O.C14H15BrO2.C14H16O2.C14H16/c1-18(2,3)15-9-10-16(14-8-7-11-19-17(14)15)23(21,22)20-12-5-4-6-13-20;1-17(2,3)14-6-7-15(13-5-4-8-18-16(13)14)23(20,21)19-9-11-22-12-10-19;1-16(2,3)11-8-9-15-13(10-11)12-6-4-5-7-14(12)17-15;1-8-10-6-5-9(14(2,3)4)7-11(10)17-13(16)12(8)15;1-9-7-13(15)16-12-8-10(14(2,3)4)5-6-11(9)12;1-14(2,3)13-9-8-11-6-4-5-7-12(11)10-13/h7-11H,4-6,12-13H2,1-3H3;4-8H,9-12H2,1-3H3;8-10H,4-7H2,1-3H3;5-7H,1-4H3;5-8H,1-4H3;4-10H,1-3H3. The molecule has 1 aliphatic carbocycles. The van der Waals surface area contributed by atoms with Crippen LogP contribution in [0.4, 0.5) is 0 Å². The van der Waals surface area contributed by atoms with Crippen LogP contribution in [0.5, 0.6) is 0 Å². The Morgan fingerprint density at radius 2 is 0.864 bits per heavy atom. The van der Waals surface area contributed by atoms with Gasteiger partial charge in [-0.25, -0.2) is 26.4 Å². The number of piperidine rings is 1. The molecule has 0 spiro atoms. The Morgan fingerprint density at radius 1 is 0.400 bits per heavy atom. The maximum Gasteiger partial charge on any atom is 0.350 e. The average Bonchev–Trinajstić information content (AvgIpc) is 0.961. The zero-order valence-electron chi connectivity index (χ0n) is 68.3. The van der Waals surface area contributed by atoms with Gasteiger partial charge in [0.05, 0.1) is 34.0 Å². The van der Waals surface area contributed by atoms with E-state index in [1.54, 1.807) is 34.9 Å². The molecule has 17 heteroatoms. The highest BCUT2D eigenvalue weighted by atomic mass is 79.9. The molecule has 0 unspecified atom stereocenters. The van der Waals surface area contributed by atoms with Crippen LogP contribution in [0.25, 0.3) is 65.5 Å². The Morgan fingerprint density at radius 3 is 1.39 bits per heavy atom. The molecule has 2 saturated heterocycles. The number of halogens is 1. The van der Waals surface area contributed by atoms with E-state index in [0.29, 0.717) is 70.2 Å². The quantitative estimate of drug-likeness (QED) is 0.152. The maximum absolute atomic E-state index is 13.1. The largest absolute Gasteiger partial charge is 0.461 e. The highest BCUT2D eigenvalue weighted by Crippen LogP contribution is 2.39. The molecule has 15 rings (SSSR count). The second-order valence-corrected chi connectivity index (χ2v) is 40.1. The van der Waals surface area contributed by atoms with Crippen LogP contribution in [0.3, 0.4) is 0 Å². The third-order valence-electron chi connectivity index (χ3n) is 20.8. The van der Waals surface area contributed by atoms with Gasteiger partial charge in [-0.05, 0) is 210 Å². The number of rotatable bonds is 4. The molecule has 0 bridgehead atoms. The summed E-state index contributed by atoms with van der Waals surface area (Å²) in [5.74, 6) is 1.23. The Hall–Kier alpha value is -8.16. The molecule has 0 amide bonds. The minimum Gasteiger partial charge on any atom is -0.461 e. The van der Waals surface area contributed by atoms with Gasteiger partial charge in [0.25, 0.3) is 0 Å².